The fourth-order valence-corrected chi connectivity index (χ4v) is 2.68. The monoisotopic (exact) mass is 299 g/mol. The third-order valence-corrected chi connectivity index (χ3v) is 6.75. The Kier molecular flexibility index (Phi) is 6.04. The van der Waals surface area contributed by atoms with Crippen LogP contribution < -0.4 is 4.90 Å². The second-order valence-corrected chi connectivity index (χ2v) is 11.7. The van der Waals surface area contributed by atoms with Crippen LogP contribution >= 0.6 is 11.6 Å². The maximum atomic E-state index is 12.6. The number of amides is 1. The van der Waals surface area contributed by atoms with Crippen molar-refractivity contribution in [3.05, 3.63) is 30.3 Å². The molecule has 3 nitrogen and oxygen atoms in total. The molecule has 106 valence electrons. The smallest absolute Gasteiger partial charge is 0.242 e. The van der Waals surface area contributed by atoms with Gasteiger partial charge in [0.05, 0.1) is 14.7 Å². The van der Waals surface area contributed by atoms with Gasteiger partial charge in [0.2, 0.25) is 5.91 Å². The summed E-state index contributed by atoms with van der Waals surface area (Å²) in [5, 5.41) is -0.426. The highest BCUT2D eigenvalue weighted by molar-refractivity contribution is 6.88. The van der Waals surface area contributed by atoms with E-state index in [-0.39, 0.29) is 5.91 Å². The molecule has 0 spiro atoms. The molecule has 1 aromatic rings. The average molecular weight is 300 g/mol. The van der Waals surface area contributed by atoms with Gasteiger partial charge in [-0.2, -0.15) is 0 Å². The van der Waals surface area contributed by atoms with Crippen molar-refractivity contribution in [3.63, 3.8) is 0 Å². The minimum Gasteiger partial charge on any atom is -0.383 e. The van der Waals surface area contributed by atoms with Crippen LogP contribution in [0.2, 0.25) is 19.6 Å². The molecule has 19 heavy (non-hydrogen) atoms. The van der Waals surface area contributed by atoms with E-state index in [1.807, 2.05) is 30.3 Å². The topological polar surface area (TPSA) is 29.5 Å². The third-order valence-electron chi connectivity index (χ3n) is 2.83. The van der Waals surface area contributed by atoms with Crippen molar-refractivity contribution in [2.24, 2.45) is 0 Å². The molecule has 0 aliphatic carbocycles. The number of methoxy groups -OCH3 is 1. The van der Waals surface area contributed by atoms with Gasteiger partial charge < -0.3 is 9.64 Å². The lowest BCUT2D eigenvalue weighted by atomic mass is 10.3. The number of carbonyl (C=O) groups excluding carboxylic acids is 1. The Balaban J connectivity index is 2.95. The molecule has 5 heteroatoms. The molecule has 0 aliphatic rings. The van der Waals surface area contributed by atoms with Crippen LogP contribution in [0.3, 0.4) is 0 Å². The van der Waals surface area contributed by atoms with Gasteiger partial charge in [0.1, 0.15) is 5.00 Å². The third kappa shape index (κ3) is 4.64. The van der Waals surface area contributed by atoms with Gasteiger partial charge in [-0.05, 0) is 12.1 Å². The van der Waals surface area contributed by atoms with Crippen LogP contribution in [0.5, 0.6) is 0 Å². The summed E-state index contributed by atoms with van der Waals surface area (Å²) in [5.74, 6) is -0.0240. The van der Waals surface area contributed by atoms with Crippen LogP contribution in [0.25, 0.3) is 0 Å². The maximum Gasteiger partial charge on any atom is 0.242 e. The van der Waals surface area contributed by atoms with Crippen LogP contribution in [0.15, 0.2) is 30.3 Å². The lowest BCUT2D eigenvalue weighted by Crippen LogP contribution is -2.49. The summed E-state index contributed by atoms with van der Waals surface area (Å²) in [4.78, 5) is 14.3. The lowest BCUT2D eigenvalue weighted by Gasteiger charge is -2.29. The molecule has 1 aromatic carbocycles. The first-order chi connectivity index (χ1) is 8.88. The number of hydrogen-bond donors (Lipinski definition) is 0. The zero-order chi connectivity index (χ0) is 14.5. The highest BCUT2D eigenvalue weighted by Crippen LogP contribution is 2.21. The first-order valence-corrected chi connectivity index (χ1v) is 10.4. The van der Waals surface area contributed by atoms with E-state index in [2.05, 4.69) is 19.6 Å². The number of alkyl halides is 1. The van der Waals surface area contributed by atoms with E-state index in [9.17, 15) is 4.79 Å². The summed E-state index contributed by atoms with van der Waals surface area (Å²) in [6.07, 6.45) is 0. The predicted molar refractivity (Wildman–Crippen MR) is 83.7 cm³/mol. The van der Waals surface area contributed by atoms with E-state index in [4.69, 9.17) is 16.3 Å². The number of ether oxygens (including phenoxy) is 1. The molecule has 1 unspecified atom stereocenters. The normalized spacial score (nSPS) is 13.1. The van der Waals surface area contributed by atoms with Crippen molar-refractivity contribution in [3.8, 4) is 0 Å². The molecule has 1 rings (SSSR count). The van der Waals surface area contributed by atoms with Crippen molar-refractivity contribution in [1.82, 2.24) is 0 Å². The molecule has 1 amide bonds. The Morgan fingerprint density at radius 3 is 2.37 bits per heavy atom. The molecular weight excluding hydrogens is 278 g/mol. The number of hydrogen-bond acceptors (Lipinski definition) is 2. The summed E-state index contributed by atoms with van der Waals surface area (Å²) in [6, 6.07) is 9.60. The van der Waals surface area contributed by atoms with Gasteiger partial charge in [-0.15, -0.1) is 11.6 Å². The number of carbonyl (C=O) groups is 1. The Morgan fingerprint density at radius 1 is 1.32 bits per heavy atom. The van der Waals surface area contributed by atoms with Gasteiger partial charge in [-0.1, -0.05) is 37.8 Å². The molecule has 0 aliphatic heterocycles. The minimum atomic E-state index is -1.73. The number of anilines is 1. The molecule has 0 aromatic heterocycles. The molecule has 0 radical (unpaired) electrons. The van der Waals surface area contributed by atoms with Gasteiger partial charge >= 0.3 is 0 Å². The van der Waals surface area contributed by atoms with Crippen LogP contribution in [-0.4, -0.2) is 39.2 Å². The maximum absolute atomic E-state index is 12.6. The Labute approximate surface area is 121 Å². The number of benzene rings is 1. The fourth-order valence-electron chi connectivity index (χ4n) is 1.66. The summed E-state index contributed by atoms with van der Waals surface area (Å²) in [7, 11) is -0.0959. The van der Waals surface area contributed by atoms with Crippen LogP contribution in [0.1, 0.15) is 0 Å². The number of nitrogens with zero attached hydrogens (tertiary/aromatic N) is 1. The summed E-state index contributed by atoms with van der Waals surface area (Å²) in [6.45, 7) is 7.31. The Bertz CT molecular complexity index is 406. The number of para-hydroxylation sites is 1. The first kappa shape index (κ1) is 16.2. The first-order valence-electron chi connectivity index (χ1n) is 6.37. The van der Waals surface area contributed by atoms with Crippen LogP contribution in [0, 0.1) is 0 Å². The summed E-state index contributed by atoms with van der Waals surface area (Å²) < 4.78 is 5.08. The summed E-state index contributed by atoms with van der Waals surface area (Å²) in [5.41, 5.74) is 0.869. The largest absolute Gasteiger partial charge is 0.383 e. The number of halogens is 1. The average Bonchev–Trinajstić information content (AvgIpc) is 2.38. The quantitative estimate of drug-likeness (QED) is 0.596. The van der Waals surface area contributed by atoms with Crippen LogP contribution in [-0.2, 0) is 9.53 Å². The Hall–Kier alpha value is -0.843. The SMILES string of the molecule is COCCN(C(=O)C(Cl)[Si](C)(C)C)c1ccccc1. The predicted octanol–water partition coefficient (Wildman–Crippen LogP) is 3.15. The zero-order valence-corrected chi connectivity index (χ0v) is 13.8. The molecule has 0 fully saturated rings. The van der Waals surface area contributed by atoms with Crippen LogP contribution in [0.4, 0.5) is 5.69 Å². The molecule has 0 heterocycles. The molecule has 0 saturated carbocycles. The van der Waals surface area contributed by atoms with Crippen molar-refractivity contribution >= 4 is 31.3 Å². The molecule has 0 saturated heterocycles. The highest BCUT2D eigenvalue weighted by Gasteiger charge is 2.34. The van der Waals surface area contributed by atoms with Crippen molar-refractivity contribution < 1.29 is 9.53 Å². The van der Waals surface area contributed by atoms with Gasteiger partial charge in [0.15, 0.2) is 0 Å². The van der Waals surface area contributed by atoms with Crippen molar-refractivity contribution in [2.75, 3.05) is 25.2 Å². The molecule has 0 N–H and O–H groups in total. The van der Waals surface area contributed by atoms with E-state index in [1.54, 1.807) is 12.0 Å². The van der Waals surface area contributed by atoms with Crippen molar-refractivity contribution in [1.29, 1.82) is 0 Å². The van der Waals surface area contributed by atoms with Gasteiger partial charge in [0, 0.05) is 19.3 Å². The summed E-state index contributed by atoms with van der Waals surface area (Å²) >= 11 is 6.36. The Morgan fingerprint density at radius 2 is 1.89 bits per heavy atom. The highest BCUT2D eigenvalue weighted by atomic mass is 35.5. The minimum absolute atomic E-state index is 0.0240. The second kappa shape index (κ2) is 7.08. The van der Waals surface area contributed by atoms with E-state index in [0.29, 0.717) is 13.2 Å². The van der Waals surface area contributed by atoms with Gasteiger partial charge in [-0.3, -0.25) is 4.79 Å². The molecule has 0 bridgehead atoms. The molecule has 1 atom stereocenters. The second-order valence-electron chi connectivity index (χ2n) is 5.55. The van der Waals surface area contributed by atoms with Crippen molar-refractivity contribution in [2.45, 2.75) is 24.6 Å². The zero-order valence-electron chi connectivity index (χ0n) is 12.0. The van der Waals surface area contributed by atoms with E-state index in [1.165, 1.54) is 0 Å². The van der Waals surface area contributed by atoms with Gasteiger partial charge in [0.25, 0.3) is 0 Å². The number of rotatable bonds is 6. The van der Waals surface area contributed by atoms with E-state index in [0.717, 1.165) is 5.69 Å². The fraction of sp³-hybridized carbons (Fsp3) is 0.500. The van der Waals surface area contributed by atoms with E-state index < -0.39 is 13.1 Å². The van der Waals surface area contributed by atoms with Gasteiger partial charge in [-0.25, -0.2) is 0 Å². The standard InChI is InChI=1S/C14H22ClNO2Si/c1-18-11-10-16(12-8-6-5-7-9-12)14(17)13(15)19(2,3)4/h5-9,13H,10-11H2,1-4H3. The lowest BCUT2D eigenvalue weighted by molar-refractivity contribution is -0.117. The molecular formula is C14H22ClNO2Si. The van der Waals surface area contributed by atoms with E-state index >= 15 is 0 Å².